The lowest BCUT2D eigenvalue weighted by atomic mass is 10.2. The lowest BCUT2D eigenvalue weighted by molar-refractivity contribution is 0.299. The predicted octanol–water partition coefficient (Wildman–Crippen LogP) is 3.55. The Morgan fingerprint density at radius 3 is 2.81 bits per heavy atom. The van der Waals surface area contributed by atoms with Crippen molar-refractivity contribution >= 4 is 0 Å². The van der Waals surface area contributed by atoms with E-state index in [1.165, 1.54) is 6.07 Å². The van der Waals surface area contributed by atoms with Crippen LogP contribution in [-0.2, 0) is 13.2 Å². The van der Waals surface area contributed by atoms with Crippen molar-refractivity contribution in [2.24, 2.45) is 5.92 Å². The highest BCUT2D eigenvalue weighted by atomic mass is 19.1. The summed E-state index contributed by atoms with van der Waals surface area (Å²) in [5.41, 5.74) is 1.47. The Balaban J connectivity index is 1.90. The number of nitrogens with one attached hydrogen (secondary N) is 1. The van der Waals surface area contributed by atoms with Crippen molar-refractivity contribution < 1.29 is 9.13 Å². The smallest absolute Gasteiger partial charge is 0.129 e. The molecule has 1 heterocycles. The van der Waals surface area contributed by atoms with Gasteiger partial charge in [-0.3, -0.25) is 4.98 Å². The lowest BCUT2D eigenvalue weighted by Crippen LogP contribution is -2.19. The number of nitrogens with zero attached hydrogens (tertiary/aromatic N) is 1. The third-order valence-corrected chi connectivity index (χ3v) is 3.00. The minimum Gasteiger partial charge on any atom is -0.489 e. The molecule has 0 saturated heterocycles. The number of pyridine rings is 1. The van der Waals surface area contributed by atoms with E-state index in [0.717, 1.165) is 12.2 Å². The van der Waals surface area contributed by atoms with Gasteiger partial charge in [-0.2, -0.15) is 0 Å². The molecule has 2 aromatic rings. The van der Waals surface area contributed by atoms with Gasteiger partial charge in [0.2, 0.25) is 0 Å². The second-order valence-corrected chi connectivity index (χ2v) is 5.39. The number of aromatic nitrogens is 1. The Bertz CT molecular complexity index is 572. The van der Waals surface area contributed by atoms with E-state index in [4.69, 9.17) is 4.74 Å². The Hall–Kier alpha value is -1.94. The molecule has 0 aliphatic rings. The van der Waals surface area contributed by atoms with Gasteiger partial charge in [0.05, 0.1) is 5.69 Å². The molecule has 0 unspecified atom stereocenters. The maximum Gasteiger partial charge on any atom is 0.129 e. The Morgan fingerprint density at radius 2 is 2.05 bits per heavy atom. The fraction of sp³-hybridized carbons (Fsp3) is 0.353. The minimum atomic E-state index is -0.245. The standard InChI is InChI=1S/C17H21FN2O/c1-13(2)10-19-11-15-9-16(7-8-20-15)21-12-14-5-3-4-6-17(14)18/h3-9,13,19H,10-12H2,1-2H3. The highest BCUT2D eigenvalue weighted by Crippen LogP contribution is 2.15. The normalized spacial score (nSPS) is 10.9. The monoisotopic (exact) mass is 288 g/mol. The molecule has 0 radical (unpaired) electrons. The molecule has 0 spiro atoms. The average Bonchev–Trinajstić information content (AvgIpc) is 2.46. The average molecular weight is 288 g/mol. The molecule has 1 aromatic heterocycles. The van der Waals surface area contributed by atoms with E-state index >= 15 is 0 Å². The van der Waals surface area contributed by atoms with Crippen molar-refractivity contribution in [2.75, 3.05) is 6.54 Å². The van der Waals surface area contributed by atoms with Gasteiger partial charge >= 0.3 is 0 Å². The molecule has 112 valence electrons. The van der Waals surface area contributed by atoms with Gasteiger partial charge in [-0.15, -0.1) is 0 Å². The number of benzene rings is 1. The first-order valence-corrected chi connectivity index (χ1v) is 7.17. The summed E-state index contributed by atoms with van der Waals surface area (Å²) in [6, 6.07) is 10.3. The van der Waals surface area contributed by atoms with Crippen LogP contribution in [0.5, 0.6) is 5.75 Å². The zero-order valence-corrected chi connectivity index (χ0v) is 12.5. The summed E-state index contributed by atoms with van der Waals surface area (Å²) in [7, 11) is 0. The summed E-state index contributed by atoms with van der Waals surface area (Å²) >= 11 is 0. The van der Waals surface area contributed by atoms with Crippen molar-refractivity contribution in [1.82, 2.24) is 10.3 Å². The highest BCUT2D eigenvalue weighted by Gasteiger charge is 2.03. The van der Waals surface area contributed by atoms with Gasteiger partial charge in [-0.1, -0.05) is 32.0 Å². The van der Waals surface area contributed by atoms with Crippen LogP contribution in [0, 0.1) is 11.7 Å². The molecule has 0 bridgehead atoms. The van der Waals surface area contributed by atoms with E-state index in [9.17, 15) is 4.39 Å². The van der Waals surface area contributed by atoms with Crippen LogP contribution in [0.3, 0.4) is 0 Å². The molecule has 0 fully saturated rings. The SMILES string of the molecule is CC(C)CNCc1cc(OCc2ccccc2F)ccn1. The van der Waals surface area contributed by atoms with Crippen molar-refractivity contribution in [2.45, 2.75) is 27.0 Å². The molecule has 4 heteroatoms. The number of halogens is 1. The van der Waals surface area contributed by atoms with Crippen molar-refractivity contribution in [3.8, 4) is 5.75 Å². The van der Waals surface area contributed by atoms with E-state index in [0.29, 0.717) is 23.8 Å². The van der Waals surface area contributed by atoms with Gasteiger partial charge < -0.3 is 10.1 Å². The predicted molar refractivity (Wildman–Crippen MR) is 81.5 cm³/mol. The molecule has 21 heavy (non-hydrogen) atoms. The molecule has 0 saturated carbocycles. The molecule has 0 aliphatic heterocycles. The first-order chi connectivity index (χ1) is 10.1. The largest absolute Gasteiger partial charge is 0.489 e. The van der Waals surface area contributed by atoms with Gasteiger partial charge in [0.15, 0.2) is 0 Å². The van der Waals surface area contributed by atoms with Gasteiger partial charge in [-0.05, 0) is 24.6 Å². The van der Waals surface area contributed by atoms with Crippen LogP contribution in [0.25, 0.3) is 0 Å². The van der Waals surface area contributed by atoms with Crippen LogP contribution in [0.2, 0.25) is 0 Å². The number of ether oxygens (including phenoxy) is 1. The van der Waals surface area contributed by atoms with E-state index < -0.39 is 0 Å². The topological polar surface area (TPSA) is 34.1 Å². The molecule has 0 aliphatic carbocycles. The number of rotatable bonds is 7. The quantitative estimate of drug-likeness (QED) is 0.846. The summed E-state index contributed by atoms with van der Waals surface area (Å²) in [5, 5.41) is 3.33. The van der Waals surface area contributed by atoms with Crippen molar-refractivity contribution in [1.29, 1.82) is 0 Å². The van der Waals surface area contributed by atoms with Gasteiger partial charge in [0.1, 0.15) is 18.2 Å². The summed E-state index contributed by atoms with van der Waals surface area (Å²) in [4.78, 5) is 4.29. The maximum atomic E-state index is 13.5. The van der Waals surface area contributed by atoms with E-state index in [1.807, 2.05) is 6.07 Å². The van der Waals surface area contributed by atoms with E-state index in [1.54, 1.807) is 30.5 Å². The Kier molecular flexibility index (Phi) is 5.69. The Labute approximate surface area is 125 Å². The summed E-state index contributed by atoms with van der Waals surface area (Å²) in [6.07, 6.45) is 1.71. The molecule has 3 nitrogen and oxygen atoms in total. The first-order valence-electron chi connectivity index (χ1n) is 7.17. The molecule has 0 amide bonds. The maximum absolute atomic E-state index is 13.5. The van der Waals surface area contributed by atoms with Gasteiger partial charge in [0.25, 0.3) is 0 Å². The van der Waals surface area contributed by atoms with Crippen LogP contribution in [0.4, 0.5) is 4.39 Å². The van der Waals surface area contributed by atoms with Gasteiger partial charge in [-0.25, -0.2) is 4.39 Å². The third-order valence-electron chi connectivity index (χ3n) is 3.00. The fourth-order valence-electron chi connectivity index (χ4n) is 1.91. The van der Waals surface area contributed by atoms with Crippen LogP contribution >= 0.6 is 0 Å². The van der Waals surface area contributed by atoms with Gasteiger partial charge in [0, 0.05) is 24.4 Å². The Morgan fingerprint density at radius 1 is 1.24 bits per heavy atom. The summed E-state index contributed by atoms with van der Waals surface area (Å²) in [6.45, 7) is 6.19. The lowest BCUT2D eigenvalue weighted by Gasteiger charge is -2.10. The number of hydrogen-bond donors (Lipinski definition) is 1. The zero-order valence-electron chi connectivity index (χ0n) is 12.5. The molecule has 2 rings (SSSR count). The van der Waals surface area contributed by atoms with E-state index in [2.05, 4.69) is 24.1 Å². The van der Waals surface area contributed by atoms with Crippen LogP contribution < -0.4 is 10.1 Å². The highest BCUT2D eigenvalue weighted by molar-refractivity contribution is 5.24. The molecular formula is C17H21FN2O. The van der Waals surface area contributed by atoms with Crippen molar-refractivity contribution in [3.63, 3.8) is 0 Å². The molecule has 1 aromatic carbocycles. The number of hydrogen-bond acceptors (Lipinski definition) is 3. The van der Waals surface area contributed by atoms with Crippen LogP contribution in [0.15, 0.2) is 42.6 Å². The second-order valence-electron chi connectivity index (χ2n) is 5.39. The molecule has 0 atom stereocenters. The van der Waals surface area contributed by atoms with Crippen LogP contribution in [0.1, 0.15) is 25.1 Å². The minimum absolute atomic E-state index is 0.218. The second kappa shape index (κ2) is 7.74. The molecular weight excluding hydrogens is 267 g/mol. The zero-order chi connectivity index (χ0) is 15.1. The first kappa shape index (κ1) is 15.4. The summed E-state index contributed by atoms with van der Waals surface area (Å²) in [5.74, 6) is 1.06. The van der Waals surface area contributed by atoms with Crippen molar-refractivity contribution in [3.05, 3.63) is 59.7 Å². The van der Waals surface area contributed by atoms with Crippen LogP contribution in [-0.4, -0.2) is 11.5 Å². The fourth-order valence-corrected chi connectivity index (χ4v) is 1.91. The molecule has 1 N–H and O–H groups in total. The van der Waals surface area contributed by atoms with E-state index in [-0.39, 0.29) is 12.4 Å². The summed E-state index contributed by atoms with van der Waals surface area (Å²) < 4.78 is 19.1. The third kappa shape index (κ3) is 5.16.